The van der Waals surface area contributed by atoms with Crippen molar-refractivity contribution in [3.05, 3.63) is 29.3 Å². The van der Waals surface area contributed by atoms with Gasteiger partial charge in [0.05, 0.1) is 5.02 Å². The Bertz CT molecular complexity index is 383. The average Bonchev–Trinajstić information content (AvgIpc) is 2.36. The molecule has 2 N–H and O–H groups in total. The Labute approximate surface area is 114 Å². The van der Waals surface area contributed by atoms with Gasteiger partial charge in [-0.25, -0.2) is 0 Å². The Morgan fingerprint density at radius 2 is 2.11 bits per heavy atom. The van der Waals surface area contributed by atoms with E-state index in [0.717, 1.165) is 24.5 Å². The summed E-state index contributed by atoms with van der Waals surface area (Å²) in [7, 11) is 0. The van der Waals surface area contributed by atoms with E-state index in [2.05, 4.69) is 6.92 Å². The molecule has 0 saturated heterocycles. The summed E-state index contributed by atoms with van der Waals surface area (Å²) in [6, 6.07) is 7.76. The predicted octanol–water partition coefficient (Wildman–Crippen LogP) is 4.01. The second kappa shape index (κ2) is 6.44. The van der Waals surface area contributed by atoms with Crippen LogP contribution in [0.15, 0.2) is 24.3 Å². The first-order valence-electron chi connectivity index (χ1n) is 6.87. The number of halogens is 1. The van der Waals surface area contributed by atoms with Gasteiger partial charge in [-0.2, -0.15) is 0 Å². The van der Waals surface area contributed by atoms with E-state index in [1.165, 1.54) is 19.3 Å². The highest BCUT2D eigenvalue weighted by atomic mass is 35.5. The van der Waals surface area contributed by atoms with Gasteiger partial charge in [-0.15, -0.1) is 0 Å². The van der Waals surface area contributed by atoms with Crippen molar-refractivity contribution >= 4 is 11.6 Å². The monoisotopic (exact) mass is 267 g/mol. The number of hydrogen-bond donors (Lipinski definition) is 1. The highest BCUT2D eigenvalue weighted by molar-refractivity contribution is 6.32. The Morgan fingerprint density at radius 1 is 1.33 bits per heavy atom. The number of benzene rings is 1. The van der Waals surface area contributed by atoms with Crippen molar-refractivity contribution in [3.8, 4) is 5.75 Å². The molecule has 2 nitrogen and oxygen atoms in total. The zero-order valence-electron chi connectivity index (χ0n) is 10.9. The number of rotatable bonds is 4. The fraction of sp³-hybridized carbons (Fsp3) is 0.600. The molecule has 0 heterocycles. The molecule has 1 aliphatic carbocycles. The van der Waals surface area contributed by atoms with Crippen molar-refractivity contribution in [1.82, 2.24) is 0 Å². The summed E-state index contributed by atoms with van der Waals surface area (Å²) < 4.78 is 6.02. The van der Waals surface area contributed by atoms with Gasteiger partial charge in [-0.1, -0.05) is 43.5 Å². The molecule has 1 aromatic carbocycles. The third-order valence-corrected chi connectivity index (χ3v) is 4.08. The van der Waals surface area contributed by atoms with Gasteiger partial charge >= 0.3 is 0 Å². The molecule has 100 valence electrons. The normalized spacial score (nSPS) is 28.1. The Hall–Kier alpha value is -0.730. The molecular formula is C15H22ClNO. The van der Waals surface area contributed by atoms with E-state index < -0.39 is 0 Å². The summed E-state index contributed by atoms with van der Waals surface area (Å²) in [6.07, 6.45) is 5.96. The number of para-hydroxylation sites is 1. The maximum atomic E-state index is 6.17. The van der Waals surface area contributed by atoms with Crippen LogP contribution in [0.1, 0.15) is 39.0 Å². The summed E-state index contributed by atoms with van der Waals surface area (Å²) >= 11 is 6.12. The SMILES string of the molecule is CCCC1CCC(N)C(Oc2ccccc2Cl)C1. The molecule has 1 fully saturated rings. The van der Waals surface area contributed by atoms with Gasteiger partial charge < -0.3 is 10.5 Å². The van der Waals surface area contributed by atoms with Crippen molar-refractivity contribution < 1.29 is 4.74 Å². The fourth-order valence-electron chi connectivity index (χ4n) is 2.74. The van der Waals surface area contributed by atoms with E-state index >= 15 is 0 Å². The van der Waals surface area contributed by atoms with Gasteiger partial charge in [-0.05, 0) is 37.3 Å². The average molecular weight is 268 g/mol. The summed E-state index contributed by atoms with van der Waals surface area (Å²) in [5.74, 6) is 1.51. The van der Waals surface area contributed by atoms with Crippen LogP contribution >= 0.6 is 11.6 Å². The molecule has 0 aromatic heterocycles. The smallest absolute Gasteiger partial charge is 0.138 e. The molecule has 1 saturated carbocycles. The number of nitrogens with two attached hydrogens (primary N) is 1. The lowest BCUT2D eigenvalue weighted by atomic mass is 9.82. The van der Waals surface area contributed by atoms with Crippen molar-refractivity contribution in [2.24, 2.45) is 11.7 Å². The first kappa shape index (κ1) is 13.7. The highest BCUT2D eigenvalue weighted by Gasteiger charge is 2.29. The lowest BCUT2D eigenvalue weighted by Gasteiger charge is -2.34. The summed E-state index contributed by atoms with van der Waals surface area (Å²) in [5, 5.41) is 0.669. The van der Waals surface area contributed by atoms with Crippen LogP contribution in [0.5, 0.6) is 5.75 Å². The maximum absolute atomic E-state index is 6.17. The van der Waals surface area contributed by atoms with Gasteiger partial charge in [-0.3, -0.25) is 0 Å². The zero-order chi connectivity index (χ0) is 13.0. The van der Waals surface area contributed by atoms with Crippen LogP contribution in [0.2, 0.25) is 5.02 Å². The molecule has 18 heavy (non-hydrogen) atoms. The van der Waals surface area contributed by atoms with E-state index in [0.29, 0.717) is 5.02 Å². The third kappa shape index (κ3) is 3.39. The van der Waals surface area contributed by atoms with Crippen LogP contribution in [-0.4, -0.2) is 12.1 Å². The molecule has 1 aliphatic rings. The van der Waals surface area contributed by atoms with Gasteiger partial charge in [0.2, 0.25) is 0 Å². The van der Waals surface area contributed by atoms with Gasteiger partial charge in [0.25, 0.3) is 0 Å². The van der Waals surface area contributed by atoms with E-state index in [1.807, 2.05) is 24.3 Å². The van der Waals surface area contributed by atoms with Crippen molar-refractivity contribution in [3.63, 3.8) is 0 Å². The lowest BCUT2D eigenvalue weighted by molar-refractivity contribution is 0.0994. The highest BCUT2D eigenvalue weighted by Crippen LogP contribution is 2.32. The predicted molar refractivity (Wildman–Crippen MR) is 76.1 cm³/mol. The van der Waals surface area contributed by atoms with Crippen molar-refractivity contribution in [2.45, 2.75) is 51.2 Å². The molecule has 1 aromatic rings. The minimum Gasteiger partial charge on any atom is -0.487 e. The van der Waals surface area contributed by atoms with Crippen LogP contribution in [0.4, 0.5) is 0 Å². The van der Waals surface area contributed by atoms with Gasteiger partial charge in [0.15, 0.2) is 0 Å². The Morgan fingerprint density at radius 3 is 2.83 bits per heavy atom. The third-order valence-electron chi connectivity index (χ3n) is 3.76. The van der Waals surface area contributed by atoms with E-state index in [4.69, 9.17) is 22.1 Å². The molecule has 0 bridgehead atoms. The van der Waals surface area contributed by atoms with Crippen molar-refractivity contribution in [1.29, 1.82) is 0 Å². The minimum absolute atomic E-state index is 0.107. The molecule has 3 atom stereocenters. The lowest BCUT2D eigenvalue weighted by Crippen LogP contribution is -2.43. The zero-order valence-corrected chi connectivity index (χ0v) is 11.7. The van der Waals surface area contributed by atoms with E-state index in [9.17, 15) is 0 Å². The first-order valence-corrected chi connectivity index (χ1v) is 7.25. The summed E-state index contributed by atoms with van der Waals surface area (Å²) in [4.78, 5) is 0. The van der Waals surface area contributed by atoms with Gasteiger partial charge in [0.1, 0.15) is 11.9 Å². The fourth-order valence-corrected chi connectivity index (χ4v) is 2.92. The quantitative estimate of drug-likeness (QED) is 0.894. The topological polar surface area (TPSA) is 35.2 Å². The van der Waals surface area contributed by atoms with Gasteiger partial charge in [0, 0.05) is 6.04 Å². The minimum atomic E-state index is 0.107. The second-order valence-corrected chi connectivity index (χ2v) is 5.63. The van der Waals surface area contributed by atoms with Crippen LogP contribution < -0.4 is 10.5 Å². The number of hydrogen-bond acceptors (Lipinski definition) is 2. The molecule has 0 radical (unpaired) electrons. The van der Waals surface area contributed by atoms with Crippen molar-refractivity contribution in [2.75, 3.05) is 0 Å². The summed E-state index contributed by atoms with van der Waals surface area (Å²) in [5.41, 5.74) is 6.17. The summed E-state index contributed by atoms with van der Waals surface area (Å²) in [6.45, 7) is 2.23. The standard InChI is InChI=1S/C15H22ClNO/c1-2-5-11-8-9-13(17)15(10-11)18-14-7-4-3-6-12(14)16/h3-4,6-7,11,13,15H,2,5,8-10,17H2,1H3. The number of ether oxygens (including phenoxy) is 1. The molecule has 3 heteroatoms. The van der Waals surface area contributed by atoms with Crippen LogP contribution in [-0.2, 0) is 0 Å². The van der Waals surface area contributed by atoms with Crippen LogP contribution in [0.25, 0.3) is 0 Å². The largest absolute Gasteiger partial charge is 0.487 e. The molecular weight excluding hydrogens is 246 g/mol. The molecule has 0 spiro atoms. The molecule has 0 aliphatic heterocycles. The van der Waals surface area contributed by atoms with E-state index in [1.54, 1.807) is 0 Å². The molecule has 0 amide bonds. The van der Waals surface area contributed by atoms with E-state index in [-0.39, 0.29) is 12.1 Å². The van der Waals surface area contributed by atoms with Crippen LogP contribution in [0, 0.1) is 5.92 Å². The Kier molecular flexibility index (Phi) is 4.90. The van der Waals surface area contributed by atoms with Crippen LogP contribution in [0.3, 0.4) is 0 Å². The first-order chi connectivity index (χ1) is 8.70. The molecule has 3 unspecified atom stereocenters. The Balaban J connectivity index is 2.00. The molecule has 2 rings (SSSR count). The maximum Gasteiger partial charge on any atom is 0.138 e. The second-order valence-electron chi connectivity index (χ2n) is 5.22.